The highest BCUT2D eigenvalue weighted by Gasteiger charge is 2.15. The molecule has 0 bridgehead atoms. The minimum Gasteiger partial charge on any atom is -0.507 e. The van der Waals surface area contributed by atoms with Crippen molar-refractivity contribution in [3.8, 4) is 28.9 Å². The summed E-state index contributed by atoms with van der Waals surface area (Å²) in [5.74, 6) is 1.37. The van der Waals surface area contributed by atoms with Crippen molar-refractivity contribution in [3.63, 3.8) is 0 Å². The Labute approximate surface area is 103 Å². The molecule has 2 heterocycles. The van der Waals surface area contributed by atoms with E-state index in [2.05, 4.69) is 15.1 Å². The lowest BCUT2D eigenvalue weighted by atomic mass is 10.2. The van der Waals surface area contributed by atoms with Crippen molar-refractivity contribution in [1.82, 2.24) is 19.7 Å². The van der Waals surface area contributed by atoms with E-state index in [4.69, 9.17) is 4.52 Å². The van der Waals surface area contributed by atoms with Gasteiger partial charge in [0, 0.05) is 19.4 Å². The highest BCUT2D eigenvalue weighted by Crippen LogP contribution is 2.28. The number of phenolic OH excluding ortho intramolecular Hbond substituents is 1. The van der Waals surface area contributed by atoms with Crippen LogP contribution in [0.3, 0.4) is 0 Å². The molecule has 1 aromatic carbocycles. The Hall–Kier alpha value is -2.63. The molecular weight excluding hydrogens is 232 g/mol. The van der Waals surface area contributed by atoms with Crippen molar-refractivity contribution in [2.75, 3.05) is 0 Å². The lowest BCUT2D eigenvalue weighted by molar-refractivity contribution is 0.425. The van der Waals surface area contributed by atoms with E-state index in [9.17, 15) is 5.11 Å². The van der Waals surface area contributed by atoms with Crippen LogP contribution in [0.4, 0.5) is 0 Å². The number of hydrogen-bond acceptors (Lipinski definition) is 5. The molecule has 2 aromatic heterocycles. The van der Waals surface area contributed by atoms with Crippen molar-refractivity contribution in [1.29, 1.82) is 0 Å². The van der Waals surface area contributed by atoms with Gasteiger partial charge in [-0.05, 0) is 12.1 Å². The molecule has 0 amide bonds. The minimum atomic E-state index is 0.104. The molecule has 0 aliphatic carbocycles. The van der Waals surface area contributed by atoms with Gasteiger partial charge in [0.2, 0.25) is 5.82 Å². The van der Waals surface area contributed by atoms with Crippen molar-refractivity contribution in [3.05, 3.63) is 36.7 Å². The Morgan fingerprint density at radius 1 is 1.28 bits per heavy atom. The monoisotopic (exact) mass is 242 g/mol. The topological polar surface area (TPSA) is 77.0 Å². The predicted molar refractivity (Wildman–Crippen MR) is 63.6 cm³/mol. The van der Waals surface area contributed by atoms with Crippen LogP contribution in [0.5, 0.6) is 5.75 Å². The van der Waals surface area contributed by atoms with Gasteiger partial charge in [0.25, 0.3) is 5.89 Å². The smallest absolute Gasteiger partial charge is 0.262 e. The maximum atomic E-state index is 9.71. The number of rotatable bonds is 2. The fraction of sp³-hybridized carbons (Fsp3) is 0.0833. The van der Waals surface area contributed by atoms with E-state index in [0.717, 1.165) is 0 Å². The van der Waals surface area contributed by atoms with Gasteiger partial charge >= 0.3 is 0 Å². The zero-order valence-electron chi connectivity index (χ0n) is 9.61. The summed E-state index contributed by atoms with van der Waals surface area (Å²) in [4.78, 5) is 8.35. The summed E-state index contributed by atoms with van der Waals surface area (Å²) in [6.45, 7) is 0. The summed E-state index contributed by atoms with van der Waals surface area (Å²) < 4.78 is 6.93. The Morgan fingerprint density at radius 2 is 2.11 bits per heavy atom. The number of benzene rings is 1. The molecule has 0 atom stereocenters. The number of phenols is 1. The van der Waals surface area contributed by atoms with E-state index in [-0.39, 0.29) is 11.6 Å². The van der Waals surface area contributed by atoms with Crippen LogP contribution in [0.15, 0.2) is 41.2 Å². The van der Waals surface area contributed by atoms with Crippen LogP contribution in [0.2, 0.25) is 0 Å². The van der Waals surface area contributed by atoms with Gasteiger partial charge in [0.15, 0.2) is 5.82 Å². The van der Waals surface area contributed by atoms with E-state index in [1.165, 1.54) is 0 Å². The van der Waals surface area contributed by atoms with Gasteiger partial charge in [0.1, 0.15) is 5.75 Å². The molecule has 0 aliphatic heterocycles. The van der Waals surface area contributed by atoms with Gasteiger partial charge < -0.3 is 14.2 Å². The first-order valence-electron chi connectivity index (χ1n) is 5.35. The summed E-state index contributed by atoms with van der Waals surface area (Å²) in [5.41, 5.74) is 0.505. The molecule has 0 spiro atoms. The Morgan fingerprint density at radius 3 is 2.83 bits per heavy atom. The first-order chi connectivity index (χ1) is 8.75. The van der Waals surface area contributed by atoms with Crippen LogP contribution in [-0.4, -0.2) is 24.8 Å². The third-order valence-corrected chi connectivity index (χ3v) is 2.58. The molecule has 90 valence electrons. The number of aryl methyl sites for hydroxylation is 1. The van der Waals surface area contributed by atoms with Crippen LogP contribution < -0.4 is 0 Å². The molecule has 1 N–H and O–H groups in total. The van der Waals surface area contributed by atoms with E-state index in [0.29, 0.717) is 17.2 Å². The zero-order chi connectivity index (χ0) is 12.5. The van der Waals surface area contributed by atoms with Crippen molar-refractivity contribution < 1.29 is 9.63 Å². The first kappa shape index (κ1) is 10.5. The normalized spacial score (nSPS) is 10.7. The molecule has 0 unspecified atom stereocenters. The molecule has 0 aliphatic rings. The molecule has 0 radical (unpaired) electrons. The van der Waals surface area contributed by atoms with Crippen molar-refractivity contribution in [2.24, 2.45) is 7.05 Å². The van der Waals surface area contributed by atoms with E-state index < -0.39 is 0 Å². The van der Waals surface area contributed by atoms with Crippen LogP contribution in [0.1, 0.15) is 0 Å². The molecule has 0 saturated heterocycles. The van der Waals surface area contributed by atoms with Gasteiger partial charge in [-0.25, -0.2) is 4.98 Å². The second-order valence-electron chi connectivity index (χ2n) is 3.80. The number of para-hydroxylation sites is 1. The van der Waals surface area contributed by atoms with Crippen molar-refractivity contribution in [2.45, 2.75) is 0 Å². The third-order valence-electron chi connectivity index (χ3n) is 2.58. The summed E-state index contributed by atoms with van der Waals surface area (Å²) >= 11 is 0. The average Bonchev–Trinajstić information content (AvgIpc) is 2.98. The standard InChI is InChI=1S/C12H10N4O2/c1-16-7-6-13-11(16)10-14-12(18-15-10)8-4-2-3-5-9(8)17/h2-7,17H,1H3. The fourth-order valence-corrected chi connectivity index (χ4v) is 1.66. The SMILES string of the molecule is Cn1ccnc1-c1noc(-c2ccccc2O)n1. The zero-order valence-corrected chi connectivity index (χ0v) is 9.61. The summed E-state index contributed by atoms with van der Waals surface area (Å²) in [5, 5.41) is 13.6. The molecule has 3 rings (SSSR count). The van der Waals surface area contributed by atoms with Crippen molar-refractivity contribution >= 4 is 0 Å². The van der Waals surface area contributed by atoms with Crippen LogP contribution in [-0.2, 0) is 7.05 Å². The van der Waals surface area contributed by atoms with Gasteiger partial charge in [-0.15, -0.1) is 0 Å². The summed E-state index contributed by atoms with van der Waals surface area (Å²) in [6.07, 6.45) is 3.46. The summed E-state index contributed by atoms with van der Waals surface area (Å²) in [6, 6.07) is 6.81. The van der Waals surface area contributed by atoms with E-state index in [1.54, 1.807) is 41.2 Å². The second-order valence-corrected chi connectivity index (χ2v) is 3.80. The number of hydrogen-bond donors (Lipinski definition) is 1. The molecular formula is C12H10N4O2. The number of aromatic nitrogens is 4. The van der Waals surface area contributed by atoms with Gasteiger partial charge in [0.05, 0.1) is 5.56 Å². The Kier molecular flexibility index (Phi) is 2.33. The predicted octanol–water partition coefficient (Wildman–Crippen LogP) is 1.84. The second kappa shape index (κ2) is 3.99. The number of imidazole rings is 1. The fourth-order valence-electron chi connectivity index (χ4n) is 1.66. The number of aromatic hydroxyl groups is 1. The lowest BCUT2D eigenvalue weighted by Crippen LogP contribution is -1.92. The van der Waals surface area contributed by atoms with Gasteiger partial charge in [-0.3, -0.25) is 0 Å². The van der Waals surface area contributed by atoms with Crippen LogP contribution in [0, 0.1) is 0 Å². The maximum absolute atomic E-state index is 9.71. The number of nitrogens with zero attached hydrogens (tertiary/aromatic N) is 4. The summed E-state index contributed by atoms with van der Waals surface area (Å²) in [7, 11) is 1.85. The molecule has 0 fully saturated rings. The highest BCUT2D eigenvalue weighted by atomic mass is 16.5. The van der Waals surface area contributed by atoms with Gasteiger partial charge in [-0.2, -0.15) is 4.98 Å². The van der Waals surface area contributed by atoms with E-state index >= 15 is 0 Å². The third kappa shape index (κ3) is 1.64. The highest BCUT2D eigenvalue weighted by molar-refractivity contribution is 5.63. The largest absolute Gasteiger partial charge is 0.507 e. The molecule has 6 heteroatoms. The molecule has 18 heavy (non-hydrogen) atoms. The lowest BCUT2D eigenvalue weighted by Gasteiger charge is -1.96. The van der Waals surface area contributed by atoms with E-state index in [1.807, 2.05) is 7.05 Å². The van der Waals surface area contributed by atoms with Crippen LogP contribution in [0.25, 0.3) is 23.1 Å². The molecule has 3 aromatic rings. The average molecular weight is 242 g/mol. The maximum Gasteiger partial charge on any atom is 0.262 e. The Bertz CT molecular complexity index is 687. The van der Waals surface area contributed by atoms with Crippen LogP contribution >= 0.6 is 0 Å². The molecule has 0 saturated carbocycles. The minimum absolute atomic E-state index is 0.104. The molecule has 6 nitrogen and oxygen atoms in total. The first-order valence-corrected chi connectivity index (χ1v) is 5.35. The van der Waals surface area contributed by atoms with Gasteiger partial charge in [-0.1, -0.05) is 17.3 Å². The Balaban J connectivity index is 2.05. The quantitative estimate of drug-likeness (QED) is 0.742.